The maximum Gasteiger partial charge on any atom is 0.310 e. The molecule has 0 saturated carbocycles. The van der Waals surface area contributed by atoms with E-state index in [2.05, 4.69) is 17.0 Å². The summed E-state index contributed by atoms with van der Waals surface area (Å²) in [6.07, 6.45) is 1.94. The van der Waals surface area contributed by atoms with Crippen molar-refractivity contribution in [2.45, 2.75) is 25.8 Å². The van der Waals surface area contributed by atoms with Crippen LogP contribution in [-0.2, 0) is 17.8 Å². The number of likely N-dealkylation sites (tertiary alicyclic amines) is 1. The van der Waals surface area contributed by atoms with Crippen molar-refractivity contribution < 1.29 is 14.6 Å². The molecule has 0 atom stereocenters. The van der Waals surface area contributed by atoms with E-state index in [1.165, 1.54) is 5.56 Å². The summed E-state index contributed by atoms with van der Waals surface area (Å²) < 4.78 is 5.18. The minimum atomic E-state index is -0.678. The normalized spacial score (nSPS) is 17.2. The Balaban J connectivity index is 1.65. The molecule has 0 bridgehead atoms. The van der Waals surface area contributed by atoms with Crippen LogP contribution >= 0.6 is 0 Å². The Morgan fingerprint density at radius 3 is 2.24 bits per heavy atom. The first-order valence-electron chi connectivity index (χ1n) is 8.74. The predicted molar refractivity (Wildman–Crippen MR) is 97.7 cm³/mol. The molecule has 0 aromatic heterocycles. The smallest absolute Gasteiger partial charge is 0.310 e. The maximum absolute atomic E-state index is 12.0. The van der Waals surface area contributed by atoms with Gasteiger partial charge in [-0.15, -0.1) is 0 Å². The molecule has 132 valence electrons. The van der Waals surface area contributed by atoms with E-state index in [1.807, 2.05) is 42.5 Å². The van der Waals surface area contributed by atoms with Gasteiger partial charge in [0.15, 0.2) is 0 Å². The third-order valence-corrected chi connectivity index (χ3v) is 5.22. The Kier molecular flexibility index (Phi) is 5.39. The summed E-state index contributed by atoms with van der Waals surface area (Å²) in [5.41, 5.74) is 1.67. The van der Waals surface area contributed by atoms with E-state index >= 15 is 0 Å². The van der Waals surface area contributed by atoms with Gasteiger partial charge in [-0.1, -0.05) is 42.5 Å². The first-order chi connectivity index (χ1) is 12.1. The largest absolute Gasteiger partial charge is 0.497 e. The van der Waals surface area contributed by atoms with E-state index in [0.717, 1.165) is 30.9 Å². The molecule has 2 aromatic carbocycles. The van der Waals surface area contributed by atoms with Crippen LogP contribution in [0.3, 0.4) is 0 Å². The first kappa shape index (κ1) is 17.5. The quantitative estimate of drug-likeness (QED) is 0.873. The number of ether oxygens (including phenoxy) is 1. The van der Waals surface area contributed by atoms with Crippen LogP contribution in [0, 0.1) is 5.41 Å². The molecule has 1 aliphatic heterocycles. The second-order valence-electron chi connectivity index (χ2n) is 6.87. The fourth-order valence-electron chi connectivity index (χ4n) is 3.58. The number of piperidine rings is 1. The van der Waals surface area contributed by atoms with Gasteiger partial charge in [0.05, 0.1) is 12.5 Å². The van der Waals surface area contributed by atoms with Gasteiger partial charge in [0.1, 0.15) is 5.75 Å². The number of carboxylic acids is 1. The standard InChI is InChI=1S/C21H25NO3/c1-25-19-9-7-17(8-10-19)15-21(20(23)24)11-13-22(14-12-21)16-18-5-3-2-4-6-18/h2-10H,11-16H2,1H3,(H,23,24). The van der Waals surface area contributed by atoms with Gasteiger partial charge in [0.25, 0.3) is 0 Å². The number of rotatable bonds is 6. The predicted octanol–water partition coefficient (Wildman–Crippen LogP) is 3.60. The third-order valence-electron chi connectivity index (χ3n) is 5.22. The monoisotopic (exact) mass is 339 g/mol. The van der Waals surface area contributed by atoms with Gasteiger partial charge in [0, 0.05) is 6.54 Å². The summed E-state index contributed by atoms with van der Waals surface area (Å²) in [6.45, 7) is 2.52. The Morgan fingerprint density at radius 2 is 1.68 bits per heavy atom. The number of hydrogen-bond donors (Lipinski definition) is 1. The molecule has 0 radical (unpaired) electrons. The van der Waals surface area contributed by atoms with Crippen LogP contribution in [0.5, 0.6) is 5.75 Å². The average Bonchev–Trinajstić information content (AvgIpc) is 2.65. The number of benzene rings is 2. The molecule has 1 N–H and O–H groups in total. The molecule has 0 aliphatic carbocycles. The second kappa shape index (κ2) is 7.70. The molecule has 4 heteroatoms. The van der Waals surface area contributed by atoms with Crippen molar-refractivity contribution in [2.75, 3.05) is 20.2 Å². The zero-order valence-corrected chi connectivity index (χ0v) is 14.6. The van der Waals surface area contributed by atoms with Crippen LogP contribution in [0.1, 0.15) is 24.0 Å². The van der Waals surface area contributed by atoms with Crippen molar-refractivity contribution in [3.05, 3.63) is 65.7 Å². The molecule has 1 saturated heterocycles. The molecular weight excluding hydrogens is 314 g/mol. The molecule has 0 unspecified atom stereocenters. The van der Waals surface area contributed by atoms with E-state index in [0.29, 0.717) is 19.3 Å². The van der Waals surface area contributed by atoms with Gasteiger partial charge in [-0.25, -0.2) is 0 Å². The van der Waals surface area contributed by atoms with E-state index in [9.17, 15) is 9.90 Å². The van der Waals surface area contributed by atoms with Gasteiger partial charge >= 0.3 is 5.97 Å². The topological polar surface area (TPSA) is 49.8 Å². The average molecular weight is 339 g/mol. The van der Waals surface area contributed by atoms with Gasteiger partial charge < -0.3 is 9.84 Å². The Bertz CT molecular complexity index is 689. The fourth-order valence-corrected chi connectivity index (χ4v) is 3.58. The maximum atomic E-state index is 12.0. The molecule has 0 amide bonds. The van der Waals surface area contributed by atoms with Crippen LogP contribution < -0.4 is 4.74 Å². The number of methoxy groups -OCH3 is 1. The van der Waals surface area contributed by atoms with Crippen molar-refractivity contribution in [2.24, 2.45) is 5.41 Å². The summed E-state index contributed by atoms with van der Waals surface area (Å²) in [5, 5.41) is 9.88. The van der Waals surface area contributed by atoms with E-state index in [1.54, 1.807) is 7.11 Å². The van der Waals surface area contributed by atoms with Crippen molar-refractivity contribution in [3.8, 4) is 5.75 Å². The molecule has 2 aromatic rings. The number of hydrogen-bond acceptors (Lipinski definition) is 3. The van der Waals surface area contributed by atoms with Gasteiger partial charge in [-0.2, -0.15) is 0 Å². The van der Waals surface area contributed by atoms with Crippen molar-refractivity contribution in [1.82, 2.24) is 4.90 Å². The lowest BCUT2D eigenvalue weighted by atomic mass is 9.73. The van der Waals surface area contributed by atoms with E-state index in [-0.39, 0.29) is 0 Å². The highest BCUT2D eigenvalue weighted by Crippen LogP contribution is 2.36. The second-order valence-corrected chi connectivity index (χ2v) is 6.87. The lowest BCUT2D eigenvalue weighted by Gasteiger charge is -2.39. The Labute approximate surface area is 149 Å². The van der Waals surface area contributed by atoms with Crippen LogP contribution in [0.25, 0.3) is 0 Å². The van der Waals surface area contributed by atoms with Crippen LogP contribution in [-0.4, -0.2) is 36.2 Å². The molecule has 4 nitrogen and oxygen atoms in total. The SMILES string of the molecule is COc1ccc(CC2(C(=O)O)CCN(Cc3ccccc3)CC2)cc1. The fraction of sp³-hybridized carbons (Fsp3) is 0.381. The van der Waals surface area contributed by atoms with Crippen LogP contribution in [0.2, 0.25) is 0 Å². The zero-order valence-electron chi connectivity index (χ0n) is 14.6. The number of nitrogens with zero attached hydrogens (tertiary/aromatic N) is 1. The zero-order chi connectivity index (χ0) is 17.7. The van der Waals surface area contributed by atoms with Gasteiger partial charge in [-0.05, 0) is 55.6 Å². The summed E-state index contributed by atoms with van der Waals surface area (Å²) in [7, 11) is 1.64. The molecule has 1 aliphatic rings. The van der Waals surface area contributed by atoms with Crippen molar-refractivity contribution in [1.29, 1.82) is 0 Å². The number of carboxylic acid groups (broad SMARTS) is 1. The number of carbonyl (C=O) groups is 1. The highest BCUT2D eigenvalue weighted by molar-refractivity contribution is 5.75. The Hall–Kier alpha value is -2.33. The molecule has 3 rings (SSSR count). The van der Waals surface area contributed by atoms with E-state index in [4.69, 9.17) is 4.74 Å². The summed E-state index contributed by atoms with van der Waals surface area (Å²) >= 11 is 0. The molecule has 1 fully saturated rings. The minimum Gasteiger partial charge on any atom is -0.497 e. The lowest BCUT2D eigenvalue weighted by Crippen LogP contribution is -2.45. The summed E-state index contributed by atoms with van der Waals surface area (Å²) in [4.78, 5) is 14.4. The highest BCUT2D eigenvalue weighted by Gasteiger charge is 2.41. The molecule has 25 heavy (non-hydrogen) atoms. The summed E-state index contributed by atoms with van der Waals surface area (Å²) in [5.74, 6) is 0.119. The minimum absolute atomic E-state index is 0.575. The van der Waals surface area contributed by atoms with E-state index < -0.39 is 11.4 Å². The Morgan fingerprint density at radius 1 is 1.04 bits per heavy atom. The third kappa shape index (κ3) is 4.20. The van der Waals surface area contributed by atoms with Crippen molar-refractivity contribution >= 4 is 5.97 Å². The van der Waals surface area contributed by atoms with Crippen LogP contribution in [0.4, 0.5) is 0 Å². The molecule has 1 heterocycles. The van der Waals surface area contributed by atoms with Crippen molar-refractivity contribution in [3.63, 3.8) is 0 Å². The van der Waals surface area contributed by atoms with Gasteiger partial charge in [-0.3, -0.25) is 9.69 Å². The first-order valence-corrected chi connectivity index (χ1v) is 8.74. The molecular formula is C21H25NO3. The molecule has 0 spiro atoms. The lowest BCUT2D eigenvalue weighted by molar-refractivity contribution is -0.152. The summed E-state index contributed by atoms with van der Waals surface area (Å²) in [6, 6.07) is 18.1. The van der Waals surface area contributed by atoms with Gasteiger partial charge in [0.2, 0.25) is 0 Å². The highest BCUT2D eigenvalue weighted by atomic mass is 16.5. The van der Waals surface area contributed by atoms with Crippen LogP contribution in [0.15, 0.2) is 54.6 Å². The number of aliphatic carboxylic acids is 1.